The Hall–Kier alpha value is -1.85. The second-order valence-electron chi connectivity index (χ2n) is 4.84. The topological polar surface area (TPSA) is 61.4 Å². The number of carbonyl (C=O) groups excluding carboxylic acids is 1. The molecule has 0 bridgehead atoms. The fourth-order valence-electron chi connectivity index (χ4n) is 2.42. The number of fused-ring (bicyclic) bond motifs is 1. The van der Waals surface area contributed by atoms with Crippen molar-refractivity contribution in [3.63, 3.8) is 0 Å². The van der Waals surface area contributed by atoms with E-state index in [0.29, 0.717) is 6.54 Å². The Labute approximate surface area is 121 Å². The zero-order valence-electron chi connectivity index (χ0n) is 10.9. The largest absolute Gasteiger partial charge is 0.387 e. The van der Waals surface area contributed by atoms with Gasteiger partial charge in [0.1, 0.15) is 0 Å². The van der Waals surface area contributed by atoms with Crippen LogP contribution in [0.5, 0.6) is 0 Å². The summed E-state index contributed by atoms with van der Waals surface area (Å²) in [6, 6.07) is 9.70. The monoisotopic (exact) mass is 288 g/mol. The van der Waals surface area contributed by atoms with Crippen LogP contribution in [-0.2, 0) is 4.79 Å². The quantitative estimate of drug-likeness (QED) is 0.807. The summed E-state index contributed by atoms with van der Waals surface area (Å²) in [5.41, 5.74) is 2.89. The van der Waals surface area contributed by atoms with Crippen molar-refractivity contribution in [2.45, 2.75) is 12.0 Å². The van der Waals surface area contributed by atoms with Gasteiger partial charge >= 0.3 is 0 Å². The normalized spacial score (nSPS) is 18.1. The summed E-state index contributed by atoms with van der Waals surface area (Å²) in [5, 5.41) is 19.8. The van der Waals surface area contributed by atoms with Gasteiger partial charge in [-0.25, -0.2) is 0 Å². The lowest BCUT2D eigenvalue weighted by Gasteiger charge is -2.14. The number of aliphatic hydroxyl groups excluding tert-OH is 1. The Morgan fingerprint density at radius 1 is 1.45 bits per heavy atom. The lowest BCUT2D eigenvalue weighted by molar-refractivity contribution is -0.122. The highest BCUT2D eigenvalue weighted by Crippen LogP contribution is 2.31. The molecule has 0 saturated carbocycles. The van der Waals surface area contributed by atoms with E-state index in [4.69, 9.17) is 0 Å². The number of anilines is 1. The second-order valence-corrected chi connectivity index (χ2v) is 5.62. The lowest BCUT2D eigenvalue weighted by atomic mass is 10.0. The third-order valence-electron chi connectivity index (χ3n) is 3.55. The molecule has 0 radical (unpaired) electrons. The highest BCUT2D eigenvalue weighted by Gasteiger charge is 2.28. The van der Waals surface area contributed by atoms with Crippen molar-refractivity contribution >= 4 is 22.9 Å². The van der Waals surface area contributed by atoms with Gasteiger partial charge in [-0.15, -0.1) is 0 Å². The van der Waals surface area contributed by atoms with E-state index in [1.54, 1.807) is 0 Å². The lowest BCUT2D eigenvalue weighted by Crippen LogP contribution is -2.33. The molecule has 4 nitrogen and oxygen atoms in total. The van der Waals surface area contributed by atoms with Gasteiger partial charge in [0.2, 0.25) is 5.91 Å². The molecule has 0 saturated heterocycles. The van der Waals surface area contributed by atoms with Crippen molar-refractivity contribution in [1.29, 1.82) is 0 Å². The number of hydrogen-bond donors (Lipinski definition) is 3. The predicted molar refractivity (Wildman–Crippen MR) is 80.0 cm³/mol. The summed E-state index contributed by atoms with van der Waals surface area (Å²) < 4.78 is 0. The Morgan fingerprint density at radius 3 is 3.10 bits per heavy atom. The molecule has 0 fully saturated rings. The molecule has 1 aliphatic heterocycles. The predicted octanol–water partition coefficient (Wildman–Crippen LogP) is 2.11. The number of amides is 1. The molecule has 2 aromatic rings. The van der Waals surface area contributed by atoms with Crippen LogP contribution in [0, 0.1) is 0 Å². The van der Waals surface area contributed by atoms with Gasteiger partial charge < -0.3 is 15.7 Å². The highest BCUT2D eigenvalue weighted by molar-refractivity contribution is 7.07. The second kappa shape index (κ2) is 5.64. The minimum Gasteiger partial charge on any atom is -0.387 e. The number of rotatable bonds is 4. The van der Waals surface area contributed by atoms with E-state index in [1.807, 2.05) is 41.1 Å². The number of benzene rings is 1. The zero-order valence-corrected chi connectivity index (χ0v) is 11.7. The van der Waals surface area contributed by atoms with Crippen LogP contribution in [0.3, 0.4) is 0 Å². The molecule has 2 atom stereocenters. The number of para-hydroxylation sites is 1. The first kappa shape index (κ1) is 13.1. The van der Waals surface area contributed by atoms with Crippen molar-refractivity contribution in [1.82, 2.24) is 5.32 Å². The SMILES string of the molecule is O=C(NCC(O)c1ccsc1)C1CNc2ccccc21. The summed E-state index contributed by atoms with van der Waals surface area (Å²) in [4.78, 5) is 12.2. The molecule has 5 heteroatoms. The van der Waals surface area contributed by atoms with Gasteiger partial charge in [0, 0.05) is 18.8 Å². The molecule has 1 aromatic carbocycles. The minimum absolute atomic E-state index is 0.0447. The summed E-state index contributed by atoms with van der Waals surface area (Å²) in [7, 11) is 0. The first-order chi connectivity index (χ1) is 9.75. The van der Waals surface area contributed by atoms with Crippen molar-refractivity contribution < 1.29 is 9.90 Å². The van der Waals surface area contributed by atoms with Gasteiger partial charge in [-0.2, -0.15) is 11.3 Å². The van der Waals surface area contributed by atoms with Crippen LogP contribution in [0.4, 0.5) is 5.69 Å². The molecule has 2 unspecified atom stereocenters. The molecule has 2 heterocycles. The molecular formula is C15H16N2O2S. The minimum atomic E-state index is -0.644. The van der Waals surface area contributed by atoms with Crippen molar-refractivity contribution in [3.8, 4) is 0 Å². The maximum atomic E-state index is 12.2. The van der Waals surface area contributed by atoms with E-state index in [9.17, 15) is 9.90 Å². The Bertz CT molecular complexity index is 598. The molecule has 20 heavy (non-hydrogen) atoms. The molecule has 1 aliphatic rings. The molecule has 104 valence electrons. The summed E-state index contributed by atoms with van der Waals surface area (Å²) in [5.74, 6) is -0.224. The fraction of sp³-hybridized carbons (Fsp3) is 0.267. The van der Waals surface area contributed by atoms with Gasteiger partial charge in [0.15, 0.2) is 0 Å². The van der Waals surface area contributed by atoms with Crippen LogP contribution < -0.4 is 10.6 Å². The van der Waals surface area contributed by atoms with Crippen molar-refractivity contribution in [2.24, 2.45) is 0 Å². The van der Waals surface area contributed by atoms with E-state index in [2.05, 4.69) is 10.6 Å². The van der Waals surface area contributed by atoms with Crippen LogP contribution in [0.25, 0.3) is 0 Å². The number of thiophene rings is 1. The van der Waals surface area contributed by atoms with Crippen LogP contribution >= 0.6 is 11.3 Å². The Balaban J connectivity index is 1.61. The van der Waals surface area contributed by atoms with Crippen LogP contribution in [0.1, 0.15) is 23.1 Å². The third-order valence-corrected chi connectivity index (χ3v) is 4.25. The van der Waals surface area contributed by atoms with Gasteiger partial charge in [-0.3, -0.25) is 4.79 Å². The first-order valence-corrected chi connectivity index (χ1v) is 7.50. The fourth-order valence-corrected chi connectivity index (χ4v) is 3.13. The summed E-state index contributed by atoms with van der Waals surface area (Å²) >= 11 is 1.54. The number of nitrogens with one attached hydrogen (secondary N) is 2. The third kappa shape index (κ3) is 2.55. The highest BCUT2D eigenvalue weighted by atomic mass is 32.1. The van der Waals surface area contributed by atoms with E-state index in [-0.39, 0.29) is 18.4 Å². The van der Waals surface area contributed by atoms with Gasteiger partial charge in [0.25, 0.3) is 0 Å². The van der Waals surface area contributed by atoms with Gasteiger partial charge in [-0.05, 0) is 34.0 Å². The Morgan fingerprint density at radius 2 is 2.30 bits per heavy atom. The first-order valence-electron chi connectivity index (χ1n) is 6.56. The zero-order chi connectivity index (χ0) is 13.9. The molecule has 0 spiro atoms. The average Bonchev–Trinajstić information content (AvgIpc) is 3.13. The van der Waals surface area contributed by atoms with Gasteiger partial charge in [0.05, 0.1) is 12.0 Å². The van der Waals surface area contributed by atoms with E-state index >= 15 is 0 Å². The van der Waals surface area contributed by atoms with E-state index in [1.165, 1.54) is 11.3 Å². The summed E-state index contributed by atoms with van der Waals surface area (Å²) in [6.07, 6.45) is -0.644. The molecule has 1 aromatic heterocycles. The number of carbonyl (C=O) groups is 1. The number of aliphatic hydroxyl groups is 1. The molecule has 3 N–H and O–H groups in total. The molecule has 3 rings (SSSR count). The van der Waals surface area contributed by atoms with Crippen LogP contribution in [0.2, 0.25) is 0 Å². The van der Waals surface area contributed by atoms with Crippen molar-refractivity contribution in [2.75, 3.05) is 18.4 Å². The number of hydrogen-bond acceptors (Lipinski definition) is 4. The van der Waals surface area contributed by atoms with E-state index in [0.717, 1.165) is 16.8 Å². The average molecular weight is 288 g/mol. The Kier molecular flexibility index (Phi) is 3.71. The smallest absolute Gasteiger partial charge is 0.229 e. The standard InChI is InChI=1S/C15H16N2O2S/c18-14(10-5-6-20-9-10)8-17-15(19)12-7-16-13-4-2-1-3-11(12)13/h1-6,9,12,14,16,18H,7-8H2,(H,17,19). The van der Waals surface area contributed by atoms with Gasteiger partial charge in [-0.1, -0.05) is 18.2 Å². The molecular weight excluding hydrogens is 272 g/mol. The maximum Gasteiger partial charge on any atom is 0.229 e. The summed E-state index contributed by atoms with van der Waals surface area (Å²) in [6.45, 7) is 0.855. The van der Waals surface area contributed by atoms with Crippen LogP contribution in [-0.4, -0.2) is 24.1 Å². The van der Waals surface area contributed by atoms with E-state index < -0.39 is 6.10 Å². The maximum absolute atomic E-state index is 12.2. The molecule has 0 aliphatic carbocycles. The molecule has 1 amide bonds. The van der Waals surface area contributed by atoms with Crippen LogP contribution in [0.15, 0.2) is 41.1 Å². The van der Waals surface area contributed by atoms with Crippen molar-refractivity contribution in [3.05, 3.63) is 52.2 Å².